The average molecular weight is 391 g/mol. The van der Waals surface area contributed by atoms with E-state index in [9.17, 15) is 0 Å². The van der Waals surface area contributed by atoms with E-state index < -0.39 is 0 Å². The number of benzene rings is 1. The fourth-order valence-electron chi connectivity index (χ4n) is 2.25. The number of nitrogens with one attached hydrogen (secondary N) is 1. The van der Waals surface area contributed by atoms with E-state index in [0.29, 0.717) is 6.61 Å². The Morgan fingerprint density at radius 2 is 1.83 bits per heavy atom. The molecule has 2 rings (SSSR count). The molecule has 0 spiro atoms. The van der Waals surface area contributed by atoms with Crippen molar-refractivity contribution in [1.29, 1.82) is 0 Å². The molecule has 0 heterocycles. The molecule has 125 valence electrons. The van der Waals surface area contributed by atoms with E-state index in [1.807, 2.05) is 25.1 Å². The number of hydrogen-bond donors (Lipinski definition) is 2. The van der Waals surface area contributed by atoms with E-state index in [2.05, 4.69) is 38.2 Å². The van der Waals surface area contributed by atoms with Gasteiger partial charge in [-0.2, -0.15) is 0 Å². The average Bonchev–Trinajstić information content (AvgIpc) is 2.71. The normalized spacial score (nSPS) is 14.4. The van der Waals surface area contributed by atoms with Crippen LogP contribution in [0.15, 0.2) is 35.7 Å². The van der Waals surface area contributed by atoms with Gasteiger partial charge in [0.1, 0.15) is 6.61 Å². The van der Waals surface area contributed by atoms with Crippen molar-refractivity contribution in [3.05, 3.63) is 52.9 Å². The summed E-state index contributed by atoms with van der Waals surface area (Å²) in [6.45, 7) is 8.60. The molecular formula is C17H22Cl2NO2Ti. The van der Waals surface area contributed by atoms with Gasteiger partial charge in [-0.1, -0.05) is 11.6 Å². The summed E-state index contributed by atoms with van der Waals surface area (Å²) in [5.74, 6) is 0.809. The Morgan fingerprint density at radius 3 is 2.39 bits per heavy atom. The van der Waals surface area contributed by atoms with E-state index in [0.717, 1.165) is 28.2 Å². The summed E-state index contributed by atoms with van der Waals surface area (Å²) >= 11 is 0. The van der Waals surface area contributed by atoms with Crippen molar-refractivity contribution in [2.45, 2.75) is 33.2 Å². The minimum Gasteiger partial charge on any atom is -1.00 e. The first kappa shape index (κ1) is 24.8. The Balaban J connectivity index is 0. The smallest absolute Gasteiger partial charge is 1.00 e. The van der Waals surface area contributed by atoms with Crippen molar-refractivity contribution >= 4 is 5.57 Å². The first-order valence-corrected chi connectivity index (χ1v) is 6.89. The number of aliphatic hydroxyl groups is 1. The van der Waals surface area contributed by atoms with Crippen LogP contribution in [-0.2, 0) is 26.5 Å². The van der Waals surface area contributed by atoms with Gasteiger partial charge >= 0.3 is 21.7 Å². The minimum absolute atomic E-state index is 0. The molecule has 0 aromatic heterocycles. The molecule has 0 fully saturated rings. The fraction of sp³-hybridized carbons (Fsp3) is 0.412. The summed E-state index contributed by atoms with van der Waals surface area (Å²) in [7, 11) is 0. The number of halogens is 2. The predicted molar refractivity (Wildman–Crippen MR) is 80.8 cm³/mol. The monoisotopic (exact) mass is 390 g/mol. The molecule has 1 radical (unpaired) electrons. The third-order valence-electron chi connectivity index (χ3n) is 2.97. The molecule has 0 saturated carbocycles. The van der Waals surface area contributed by atoms with Crippen LogP contribution < -0.4 is 30.1 Å². The first-order valence-electron chi connectivity index (χ1n) is 6.89. The quantitative estimate of drug-likeness (QED) is 0.324. The van der Waals surface area contributed by atoms with Crippen molar-refractivity contribution in [1.82, 2.24) is 5.32 Å². The Morgan fingerprint density at radius 1 is 1.22 bits per heavy atom. The van der Waals surface area contributed by atoms with Crippen molar-refractivity contribution in [2.24, 2.45) is 0 Å². The van der Waals surface area contributed by atoms with Crippen LogP contribution in [-0.4, -0.2) is 23.9 Å². The van der Waals surface area contributed by atoms with Crippen LogP contribution in [0.3, 0.4) is 0 Å². The molecule has 23 heavy (non-hydrogen) atoms. The number of rotatable bonds is 4. The SMILES string of the molecule is CC(OCCO)=C1C(NC(C)(C)C)=[C-]c2ccccc21.[Cl-].[Cl-].[Ti+3]. The maximum atomic E-state index is 8.92. The molecule has 6 heteroatoms. The third kappa shape index (κ3) is 6.52. The number of allylic oxidation sites excluding steroid dienone is 2. The molecule has 1 aliphatic carbocycles. The molecular weight excluding hydrogens is 369 g/mol. The topological polar surface area (TPSA) is 41.5 Å². The zero-order valence-electron chi connectivity index (χ0n) is 13.8. The van der Waals surface area contributed by atoms with Gasteiger partial charge in [-0.25, -0.2) is 0 Å². The summed E-state index contributed by atoms with van der Waals surface area (Å²) in [5, 5.41) is 12.4. The largest absolute Gasteiger partial charge is 3.00 e. The van der Waals surface area contributed by atoms with Gasteiger partial charge in [0.25, 0.3) is 0 Å². The standard InChI is InChI=1S/C17H22NO2.2ClH.Ti/c1-12(20-10-9-19)16-14-8-6-5-7-13(14)11-15(16)18-17(2,3)4;;;/h5-8,18-19H,9-10H2,1-4H3;2*1H;/q-1;;;+3/p-2. The zero-order chi connectivity index (χ0) is 14.8. The number of hydrogen-bond acceptors (Lipinski definition) is 3. The van der Waals surface area contributed by atoms with Crippen molar-refractivity contribution < 1.29 is 56.4 Å². The Hall–Kier alpha value is -0.446. The van der Waals surface area contributed by atoms with Crippen LogP contribution >= 0.6 is 0 Å². The van der Waals surface area contributed by atoms with Crippen molar-refractivity contribution in [3.8, 4) is 0 Å². The van der Waals surface area contributed by atoms with E-state index in [4.69, 9.17) is 9.84 Å². The maximum Gasteiger partial charge on any atom is 3.00 e. The first-order chi connectivity index (χ1) is 9.42. The van der Waals surface area contributed by atoms with Crippen LogP contribution in [0.4, 0.5) is 0 Å². The summed E-state index contributed by atoms with van der Waals surface area (Å²) in [4.78, 5) is 0. The van der Waals surface area contributed by atoms with Gasteiger partial charge in [-0.15, -0.1) is 35.4 Å². The van der Waals surface area contributed by atoms with Crippen LogP contribution in [0.1, 0.15) is 38.8 Å². The number of fused-ring (bicyclic) bond motifs is 1. The van der Waals surface area contributed by atoms with Crippen LogP contribution in [0.25, 0.3) is 5.57 Å². The zero-order valence-corrected chi connectivity index (χ0v) is 16.9. The molecule has 2 N–H and O–H groups in total. The Labute approximate surface area is 166 Å². The van der Waals surface area contributed by atoms with Crippen LogP contribution in [0.2, 0.25) is 0 Å². The molecule has 0 unspecified atom stereocenters. The fourth-order valence-corrected chi connectivity index (χ4v) is 2.25. The predicted octanol–water partition coefficient (Wildman–Crippen LogP) is -3.13. The Kier molecular flexibility index (Phi) is 11.2. The Bertz CT molecular complexity index is 566. The van der Waals surface area contributed by atoms with Crippen molar-refractivity contribution in [3.63, 3.8) is 0 Å². The van der Waals surface area contributed by atoms with Crippen LogP contribution in [0.5, 0.6) is 0 Å². The third-order valence-corrected chi connectivity index (χ3v) is 2.97. The summed E-state index contributed by atoms with van der Waals surface area (Å²) in [6.07, 6.45) is 3.40. The molecule has 1 aromatic carbocycles. The van der Waals surface area contributed by atoms with E-state index in [1.165, 1.54) is 0 Å². The second-order valence-corrected chi connectivity index (χ2v) is 5.92. The number of ether oxygens (including phenoxy) is 1. The number of aliphatic hydroxyl groups excluding tert-OH is 1. The van der Waals surface area contributed by atoms with Gasteiger partial charge in [0.15, 0.2) is 0 Å². The summed E-state index contributed by atoms with van der Waals surface area (Å²) in [6, 6.07) is 8.14. The molecule has 1 aliphatic rings. The van der Waals surface area contributed by atoms with Crippen molar-refractivity contribution in [2.75, 3.05) is 13.2 Å². The molecule has 0 atom stereocenters. The molecule has 1 aromatic rings. The summed E-state index contributed by atoms with van der Waals surface area (Å²) < 4.78 is 5.61. The van der Waals surface area contributed by atoms with Gasteiger partial charge in [0, 0.05) is 5.54 Å². The van der Waals surface area contributed by atoms with E-state index in [1.54, 1.807) is 0 Å². The molecule has 0 amide bonds. The van der Waals surface area contributed by atoms with E-state index >= 15 is 0 Å². The molecule has 3 nitrogen and oxygen atoms in total. The minimum atomic E-state index is -0.0487. The van der Waals surface area contributed by atoms with E-state index in [-0.39, 0.29) is 58.7 Å². The van der Waals surface area contributed by atoms with Gasteiger partial charge in [-0.3, -0.25) is 0 Å². The second-order valence-electron chi connectivity index (χ2n) is 5.92. The van der Waals surface area contributed by atoms with Gasteiger partial charge in [0.2, 0.25) is 0 Å². The van der Waals surface area contributed by atoms with Gasteiger partial charge in [0.05, 0.1) is 12.4 Å². The second kappa shape index (κ2) is 10.4. The van der Waals surface area contributed by atoms with Gasteiger partial charge < -0.3 is 40.0 Å². The molecule has 0 bridgehead atoms. The molecule has 0 aliphatic heterocycles. The maximum absolute atomic E-state index is 8.92. The molecule has 0 saturated heterocycles. The van der Waals surface area contributed by atoms with Gasteiger partial charge in [-0.05, 0) is 33.4 Å². The summed E-state index contributed by atoms with van der Waals surface area (Å²) in [5.41, 5.74) is 4.13. The van der Waals surface area contributed by atoms with Crippen LogP contribution in [0, 0.1) is 6.08 Å².